The molecule has 8 saturated carbocycles. The molecule has 20 atom stereocenters. The van der Waals surface area contributed by atoms with E-state index in [4.69, 9.17) is 9.11 Å². The quantitative estimate of drug-likeness (QED) is 0.0866. The van der Waals surface area contributed by atoms with Crippen LogP contribution in [0.25, 0.3) is 0 Å². The van der Waals surface area contributed by atoms with Crippen LogP contribution in [-0.4, -0.2) is 84.8 Å². The number of carbonyl (C=O) groups is 2. The lowest BCUT2D eigenvalue weighted by Gasteiger charge is -2.64. The van der Waals surface area contributed by atoms with Gasteiger partial charge in [-0.3, -0.25) is 18.7 Å². The number of amides is 2. The zero-order chi connectivity index (χ0) is 47.8. The molecule has 0 bridgehead atoms. The second-order valence-corrected chi connectivity index (χ2v) is 28.6. The molecule has 0 spiro atoms. The molecule has 0 aromatic rings. The van der Waals surface area contributed by atoms with Crippen LogP contribution < -0.4 is 10.6 Å². The van der Waals surface area contributed by atoms with E-state index in [2.05, 4.69) is 52.2 Å². The van der Waals surface area contributed by atoms with Crippen LogP contribution in [-0.2, 0) is 29.8 Å². The van der Waals surface area contributed by atoms with Crippen molar-refractivity contribution in [1.82, 2.24) is 10.6 Å². The van der Waals surface area contributed by atoms with Crippen LogP contribution in [0.4, 0.5) is 0 Å². The Morgan fingerprint density at radius 3 is 1.24 bits per heavy atom. The maximum atomic E-state index is 12.6. The molecule has 0 radical (unpaired) electrons. The summed E-state index contributed by atoms with van der Waals surface area (Å²) >= 11 is 0. The lowest BCUT2D eigenvalue weighted by Crippen LogP contribution is -2.59. The molecule has 14 heteroatoms. The lowest BCUT2D eigenvalue weighted by atomic mass is 9.41. The summed E-state index contributed by atoms with van der Waals surface area (Å²) in [4.78, 5) is 25.1. The minimum atomic E-state index is -4.10. The summed E-state index contributed by atoms with van der Waals surface area (Å²) in [7, 11) is -8.21. The van der Waals surface area contributed by atoms with E-state index >= 15 is 0 Å². The maximum Gasteiger partial charge on any atom is 0.266 e. The van der Waals surface area contributed by atoms with Crippen molar-refractivity contribution in [3.05, 3.63) is 0 Å². The second-order valence-electron chi connectivity index (χ2n) is 25.4. The van der Waals surface area contributed by atoms with Crippen LogP contribution in [0.5, 0.6) is 0 Å². The first-order valence-electron chi connectivity index (χ1n) is 26.7. The highest BCUT2D eigenvalue weighted by molar-refractivity contribution is 7.86. The molecule has 8 aliphatic carbocycles. The van der Waals surface area contributed by atoms with E-state index < -0.39 is 31.7 Å². The molecule has 0 saturated heterocycles. The predicted octanol–water partition coefficient (Wildman–Crippen LogP) is 8.32. The number of aliphatic hydroxyl groups is 2. The molecule has 12 nitrogen and oxygen atoms in total. The molecular formula is C52H88N2O10S2. The Morgan fingerprint density at radius 1 is 0.530 bits per heavy atom. The smallest absolute Gasteiger partial charge is 0.266 e. The van der Waals surface area contributed by atoms with E-state index in [9.17, 15) is 36.6 Å². The molecule has 8 aliphatic rings. The Hall–Kier alpha value is -1.32. The van der Waals surface area contributed by atoms with E-state index in [-0.39, 0.29) is 58.8 Å². The van der Waals surface area contributed by atoms with E-state index in [0.29, 0.717) is 95.7 Å². The van der Waals surface area contributed by atoms with Crippen LogP contribution in [0.2, 0.25) is 0 Å². The van der Waals surface area contributed by atoms with Crippen LogP contribution in [0.15, 0.2) is 0 Å². The molecule has 8 fully saturated rings. The van der Waals surface area contributed by atoms with E-state index in [1.807, 2.05) is 0 Å². The van der Waals surface area contributed by atoms with Crippen LogP contribution in [0, 0.1) is 105 Å². The summed E-state index contributed by atoms with van der Waals surface area (Å²) in [6.07, 6.45) is 20.4. The van der Waals surface area contributed by atoms with Gasteiger partial charge in [0.1, 0.15) is 0 Å². The third-order valence-corrected chi connectivity index (χ3v) is 24.1. The molecule has 0 aromatic carbocycles. The van der Waals surface area contributed by atoms with Crippen molar-refractivity contribution in [3.8, 4) is 0 Å². The first-order valence-corrected chi connectivity index (χ1v) is 29.9. The molecule has 6 unspecified atom stereocenters. The number of aliphatic hydroxyl groups excluding tert-OH is 2. The van der Waals surface area contributed by atoms with Gasteiger partial charge in [-0.2, -0.15) is 16.8 Å². The minimum absolute atomic E-state index is 0.0751. The number of fused-ring (bicyclic) bond motifs is 10. The zero-order valence-corrected chi connectivity index (χ0v) is 42.9. The van der Waals surface area contributed by atoms with Crippen molar-refractivity contribution < 1.29 is 45.7 Å². The number of hydrogen-bond donors (Lipinski definition) is 6. The zero-order valence-electron chi connectivity index (χ0n) is 41.3. The van der Waals surface area contributed by atoms with E-state index in [1.165, 1.54) is 64.2 Å². The Labute approximate surface area is 398 Å². The number of carbonyl (C=O) groups excluding carboxylic acids is 2. The van der Waals surface area contributed by atoms with Gasteiger partial charge < -0.3 is 20.8 Å². The third-order valence-electron chi connectivity index (χ3n) is 22.7. The fourth-order valence-corrected chi connectivity index (χ4v) is 20.0. The first-order chi connectivity index (χ1) is 30.9. The van der Waals surface area contributed by atoms with E-state index in [0.717, 1.165) is 51.4 Å². The summed E-state index contributed by atoms with van der Waals surface area (Å²) in [6, 6.07) is 0. The first kappa shape index (κ1) is 51.0. The molecule has 0 heterocycles. The molecule has 6 N–H and O–H groups in total. The summed E-state index contributed by atoms with van der Waals surface area (Å²) in [6.45, 7) is 14.6. The SMILES string of the molecule is C[C@H](CCC(=O)NCCS(=O)(=O)O)[C@H]1CC[C@@H]2C3[C@@H](CC[C@@]21C)[C@@]1(C)CCC(C2CC[C@@]4(C)C(C2)C[C@H](O)C2[C@H]5CC[C@H]([C@H](C)CCC(=O)NCCS(=O)(=O)O)[C@@]5(C)CC[C@H]24)CC1C[C@@H]3O. The Kier molecular flexibility index (Phi) is 14.7. The highest BCUT2D eigenvalue weighted by Crippen LogP contribution is 2.72. The van der Waals surface area contributed by atoms with Crippen molar-refractivity contribution in [2.75, 3.05) is 24.6 Å². The Bertz CT molecular complexity index is 1860. The molecule has 8 rings (SSSR count). The Balaban J connectivity index is 0.848. The van der Waals surface area contributed by atoms with Gasteiger partial charge in [-0.15, -0.1) is 0 Å². The van der Waals surface area contributed by atoms with Crippen molar-refractivity contribution in [2.24, 2.45) is 105 Å². The number of rotatable bonds is 15. The molecule has 0 aliphatic heterocycles. The third kappa shape index (κ3) is 9.71. The van der Waals surface area contributed by atoms with Gasteiger partial charge in [0.05, 0.1) is 23.7 Å². The van der Waals surface area contributed by atoms with Crippen LogP contribution in [0.1, 0.15) is 170 Å². The molecule has 378 valence electrons. The van der Waals surface area contributed by atoms with E-state index in [1.54, 1.807) is 0 Å². The van der Waals surface area contributed by atoms with Crippen LogP contribution in [0.3, 0.4) is 0 Å². The average Bonchev–Trinajstić information content (AvgIpc) is 3.78. The van der Waals surface area contributed by atoms with Crippen molar-refractivity contribution >= 4 is 32.1 Å². The maximum absolute atomic E-state index is 12.6. The average molecular weight is 965 g/mol. The summed E-state index contributed by atoms with van der Waals surface area (Å²) in [5, 5.41) is 29.8. The fraction of sp³-hybridized carbons (Fsp3) is 0.962. The van der Waals surface area contributed by atoms with Crippen molar-refractivity contribution in [1.29, 1.82) is 0 Å². The normalized spacial score (nSPS) is 46.3. The van der Waals surface area contributed by atoms with Gasteiger partial charge in [0.2, 0.25) is 11.8 Å². The molecule has 2 amide bonds. The summed E-state index contributed by atoms with van der Waals surface area (Å²) in [5.41, 5.74) is 0.809. The molecule has 0 aromatic heterocycles. The monoisotopic (exact) mass is 965 g/mol. The van der Waals surface area contributed by atoms with Gasteiger partial charge >= 0.3 is 0 Å². The van der Waals surface area contributed by atoms with Crippen molar-refractivity contribution in [3.63, 3.8) is 0 Å². The lowest BCUT2D eigenvalue weighted by molar-refractivity contribution is -0.183. The number of nitrogens with one attached hydrogen (secondary N) is 2. The molecule has 66 heavy (non-hydrogen) atoms. The van der Waals surface area contributed by atoms with Gasteiger partial charge in [-0.1, -0.05) is 41.5 Å². The molecular weight excluding hydrogens is 877 g/mol. The second kappa shape index (κ2) is 19.0. The Morgan fingerprint density at radius 2 is 0.879 bits per heavy atom. The van der Waals surface area contributed by atoms with Gasteiger partial charge in [-0.05, 0) is 220 Å². The van der Waals surface area contributed by atoms with Gasteiger partial charge in [0, 0.05) is 25.9 Å². The minimum Gasteiger partial charge on any atom is -0.393 e. The summed E-state index contributed by atoms with van der Waals surface area (Å²) in [5.74, 6) is 5.70. The van der Waals surface area contributed by atoms with Gasteiger partial charge in [-0.25, -0.2) is 0 Å². The standard InChI is InChI=1S/C52H88N2O10S2/c1-31(7-13-45(57)53-23-25-65(59,60)61)37-9-11-39-47-41(17-21-51(37,39)5)49(3)19-15-33(27-35(49)29-43(47)55)34-16-20-50(4)36(28-34)30-44(56)48-40-12-10-38(52(40,6)22-18-42(48)50)32(2)8-14-46(58)54-24-26-66(62,63)64/h31-44,47-48,55-56H,7-30H2,1-6H3,(H,53,57)(H,54,58)(H,59,60,61)(H,62,63,64)/t31-,32-,33?,34?,35?,36?,37-,38-,39-,40-,41-,42-,43+,44+,47?,48?,49+,50+,51-,52-/m1/s1. The topological polar surface area (TPSA) is 207 Å². The van der Waals surface area contributed by atoms with Gasteiger partial charge in [0.15, 0.2) is 0 Å². The largest absolute Gasteiger partial charge is 0.393 e. The summed E-state index contributed by atoms with van der Waals surface area (Å²) < 4.78 is 62.4. The highest BCUT2D eigenvalue weighted by Gasteiger charge is 2.65. The van der Waals surface area contributed by atoms with Gasteiger partial charge in [0.25, 0.3) is 20.2 Å². The predicted molar refractivity (Wildman–Crippen MR) is 256 cm³/mol. The fourth-order valence-electron chi connectivity index (χ4n) is 19.3. The van der Waals surface area contributed by atoms with Crippen molar-refractivity contribution in [2.45, 2.75) is 182 Å². The number of hydrogen-bond acceptors (Lipinski definition) is 8. The van der Waals surface area contributed by atoms with Crippen LogP contribution >= 0.6 is 0 Å². The highest BCUT2D eigenvalue weighted by atomic mass is 32.2.